The Morgan fingerprint density at radius 2 is 2.29 bits per heavy atom. The largest absolute Gasteiger partial charge is 0.384 e. The molecule has 88 valence electrons. The van der Waals surface area contributed by atoms with Gasteiger partial charge in [0.2, 0.25) is 0 Å². The lowest BCUT2D eigenvalue weighted by atomic mass is 10.2. The third-order valence-corrected chi connectivity index (χ3v) is 4.64. The van der Waals surface area contributed by atoms with Crippen LogP contribution in [0.4, 0.5) is 0 Å². The molecule has 1 heterocycles. The standard InChI is InChI=1S/C11H10BrN3S2/c1-6-5-16-11(15-6)17-9-4-7(12)2-3-8(9)10(13)14/h2-5H,1H3,(H3,13,14). The SMILES string of the molecule is Cc1csc(Sc2cc(Br)ccc2C(=N)N)n1. The second kappa shape index (κ2) is 5.20. The number of nitrogens with zero attached hydrogens (tertiary/aromatic N) is 1. The second-order valence-electron chi connectivity index (χ2n) is 3.41. The average Bonchev–Trinajstić information content (AvgIpc) is 2.63. The van der Waals surface area contributed by atoms with E-state index >= 15 is 0 Å². The summed E-state index contributed by atoms with van der Waals surface area (Å²) in [6.45, 7) is 1.97. The van der Waals surface area contributed by atoms with E-state index in [9.17, 15) is 0 Å². The van der Waals surface area contributed by atoms with Crippen molar-refractivity contribution in [3.05, 3.63) is 39.3 Å². The Morgan fingerprint density at radius 1 is 1.53 bits per heavy atom. The van der Waals surface area contributed by atoms with Gasteiger partial charge in [0.1, 0.15) is 5.84 Å². The maximum absolute atomic E-state index is 7.55. The number of aryl methyl sites for hydroxylation is 1. The van der Waals surface area contributed by atoms with Gasteiger partial charge in [0.25, 0.3) is 0 Å². The summed E-state index contributed by atoms with van der Waals surface area (Å²) < 4.78 is 1.93. The molecule has 1 aromatic carbocycles. The molecule has 0 unspecified atom stereocenters. The number of aromatic nitrogens is 1. The van der Waals surface area contributed by atoms with Crippen molar-refractivity contribution < 1.29 is 0 Å². The Bertz CT molecular complexity index is 566. The summed E-state index contributed by atoms with van der Waals surface area (Å²) in [7, 11) is 0. The van der Waals surface area contributed by atoms with E-state index in [1.807, 2.05) is 30.5 Å². The van der Waals surface area contributed by atoms with Crippen LogP contribution >= 0.6 is 39.0 Å². The highest BCUT2D eigenvalue weighted by Gasteiger charge is 2.09. The van der Waals surface area contributed by atoms with Crippen LogP contribution in [0.2, 0.25) is 0 Å². The van der Waals surface area contributed by atoms with Gasteiger partial charge < -0.3 is 5.73 Å². The normalized spacial score (nSPS) is 10.5. The smallest absolute Gasteiger partial charge is 0.154 e. The minimum Gasteiger partial charge on any atom is -0.384 e. The molecule has 0 bridgehead atoms. The van der Waals surface area contributed by atoms with Gasteiger partial charge in [-0.25, -0.2) is 4.98 Å². The lowest BCUT2D eigenvalue weighted by Crippen LogP contribution is -2.12. The number of nitrogen functional groups attached to an aromatic ring is 1. The van der Waals surface area contributed by atoms with Crippen LogP contribution in [-0.2, 0) is 0 Å². The van der Waals surface area contributed by atoms with Gasteiger partial charge in [0, 0.05) is 26.0 Å². The molecular formula is C11H10BrN3S2. The number of thiazole rings is 1. The van der Waals surface area contributed by atoms with E-state index in [-0.39, 0.29) is 5.84 Å². The number of nitrogens with one attached hydrogen (secondary N) is 1. The predicted molar refractivity (Wildman–Crippen MR) is 76.1 cm³/mol. The van der Waals surface area contributed by atoms with E-state index in [0.29, 0.717) is 0 Å². The van der Waals surface area contributed by atoms with Crippen molar-refractivity contribution in [2.75, 3.05) is 0 Å². The van der Waals surface area contributed by atoms with Gasteiger partial charge in [0.15, 0.2) is 4.34 Å². The van der Waals surface area contributed by atoms with Crippen LogP contribution in [-0.4, -0.2) is 10.8 Å². The summed E-state index contributed by atoms with van der Waals surface area (Å²) in [6, 6.07) is 5.68. The first-order valence-corrected chi connectivity index (χ1v) is 7.29. The maximum Gasteiger partial charge on any atom is 0.154 e. The van der Waals surface area contributed by atoms with E-state index in [1.165, 1.54) is 11.8 Å². The Labute approximate surface area is 116 Å². The van der Waals surface area contributed by atoms with Gasteiger partial charge in [-0.05, 0) is 25.1 Å². The van der Waals surface area contributed by atoms with Crippen LogP contribution in [0.3, 0.4) is 0 Å². The van der Waals surface area contributed by atoms with E-state index < -0.39 is 0 Å². The predicted octanol–water partition coefficient (Wildman–Crippen LogP) is 3.65. The molecule has 17 heavy (non-hydrogen) atoms. The van der Waals surface area contributed by atoms with Crippen molar-refractivity contribution in [1.82, 2.24) is 4.98 Å². The van der Waals surface area contributed by atoms with Gasteiger partial charge in [-0.3, -0.25) is 5.41 Å². The molecule has 6 heteroatoms. The molecule has 0 saturated carbocycles. The fourth-order valence-electron chi connectivity index (χ4n) is 1.28. The van der Waals surface area contributed by atoms with Crippen molar-refractivity contribution in [1.29, 1.82) is 5.41 Å². The van der Waals surface area contributed by atoms with Crippen LogP contribution < -0.4 is 5.73 Å². The third kappa shape index (κ3) is 3.08. The molecule has 2 rings (SSSR count). The van der Waals surface area contributed by atoms with Crippen molar-refractivity contribution >= 4 is 44.9 Å². The molecule has 3 N–H and O–H groups in total. The number of halogens is 1. The van der Waals surface area contributed by atoms with Gasteiger partial charge in [-0.15, -0.1) is 11.3 Å². The van der Waals surface area contributed by atoms with Crippen molar-refractivity contribution in [2.45, 2.75) is 16.2 Å². The first-order valence-electron chi connectivity index (χ1n) is 4.80. The Morgan fingerprint density at radius 3 is 2.88 bits per heavy atom. The van der Waals surface area contributed by atoms with E-state index in [2.05, 4.69) is 20.9 Å². The Kier molecular flexibility index (Phi) is 3.86. The van der Waals surface area contributed by atoms with Gasteiger partial charge >= 0.3 is 0 Å². The monoisotopic (exact) mass is 327 g/mol. The van der Waals surface area contributed by atoms with Crippen LogP contribution in [0, 0.1) is 12.3 Å². The fraction of sp³-hybridized carbons (Fsp3) is 0.0909. The van der Waals surface area contributed by atoms with Crippen LogP contribution in [0.15, 0.2) is 37.3 Å². The molecule has 0 spiro atoms. The molecule has 0 aliphatic carbocycles. The first-order chi connectivity index (χ1) is 8.06. The lowest BCUT2D eigenvalue weighted by molar-refractivity contribution is 1.16. The molecule has 0 amide bonds. The molecule has 2 aromatic rings. The third-order valence-electron chi connectivity index (χ3n) is 2.03. The van der Waals surface area contributed by atoms with Crippen LogP contribution in [0.25, 0.3) is 0 Å². The number of nitrogens with two attached hydrogens (primary N) is 1. The minimum atomic E-state index is 0.0771. The highest BCUT2D eigenvalue weighted by atomic mass is 79.9. The van der Waals surface area contributed by atoms with Gasteiger partial charge in [0.05, 0.1) is 0 Å². The van der Waals surface area contributed by atoms with Crippen LogP contribution in [0.1, 0.15) is 11.3 Å². The molecule has 0 atom stereocenters. The van der Waals surface area contributed by atoms with Gasteiger partial charge in [-0.2, -0.15) is 0 Å². The molecule has 0 fully saturated rings. The maximum atomic E-state index is 7.55. The molecule has 0 aliphatic heterocycles. The average molecular weight is 328 g/mol. The number of hydrogen-bond donors (Lipinski definition) is 2. The zero-order chi connectivity index (χ0) is 12.4. The van der Waals surface area contributed by atoms with Crippen molar-refractivity contribution in [2.24, 2.45) is 5.73 Å². The molecule has 0 aliphatic rings. The number of benzene rings is 1. The highest BCUT2D eigenvalue weighted by molar-refractivity contribution is 9.10. The van der Waals surface area contributed by atoms with Crippen molar-refractivity contribution in [3.63, 3.8) is 0 Å². The second-order valence-corrected chi connectivity index (χ2v) is 6.47. The Balaban J connectivity index is 2.37. The lowest BCUT2D eigenvalue weighted by Gasteiger charge is -2.06. The summed E-state index contributed by atoms with van der Waals surface area (Å²) in [5, 5.41) is 9.56. The fourth-order valence-corrected chi connectivity index (χ4v) is 3.77. The molecular weight excluding hydrogens is 318 g/mol. The first kappa shape index (κ1) is 12.6. The quantitative estimate of drug-likeness (QED) is 0.668. The van der Waals surface area contributed by atoms with E-state index in [1.54, 1.807) is 11.3 Å². The highest BCUT2D eigenvalue weighted by Crippen LogP contribution is 2.34. The molecule has 0 radical (unpaired) electrons. The summed E-state index contributed by atoms with van der Waals surface area (Å²) in [5.41, 5.74) is 7.31. The molecule has 1 aromatic heterocycles. The number of rotatable bonds is 3. The summed E-state index contributed by atoms with van der Waals surface area (Å²) in [5.74, 6) is 0.0771. The Hall–Kier alpha value is -0.850. The van der Waals surface area contributed by atoms with E-state index in [0.717, 1.165) is 25.0 Å². The summed E-state index contributed by atoms with van der Waals surface area (Å²) in [4.78, 5) is 5.34. The molecule has 3 nitrogen and oxygen atoms in total. The van der Waals surface area contributed by atoms with Gasteiger partial charge in [-0.1, -0.05) is 27.7 Å². The summed E-state index contributed by atoms with van der Waals surface area (Å²) in [6.07, 6.45) is 0. The topological polar surface area (TPSA) is 62.8 Å². The van der Waals surface area contributed by atoms with E-state index in [4.69, 9.17) is 11.1 Å². The zero-order valence-electron chi connectivity index (χ0n) is 9.03. The van der Waals surface area contributed by atoms with Crippen LogP contribution in [0.5, 0.6) is 0 Å². The number of hydrogen-bond acceptors (Lipinski definition) is 4. The number of amidine groups is 1. The zero-order valence-corrected chi connectivity index (χ0v) is 12.2. The minimum absolute atomic E-state index is 0.0771. The summed E-state index contributed by atoms with van der Waals surface area (Å²) >= 11 is 6.55. The van der Waals surface area contributed by atoms with Crippen molar-refractivity contribution in [3.8, 4) is 0 Å². The molecule has 0 saturated heterocycles.